The van der Waals surface area contributed by atoms with Crippen LogP contribution >= 0.6 is 0 Å². The van der Waals surface area contributed by atoms with E-state index in [1.807, 2.05) is 37.3 Å². The smallest absolute Gasteiger partial charge is 0.222 e. The van der Waals surface area contributed by atoms with E-state index in [1.165, 1.54) is 0 Å². The van der Waals surface area contributed by atoms with Gasteiger partial charge in [-0.1, -0.05) is 18.2 Å². The molecule has 1 atom stereocenters. The molecule has 9 heteroatoms. The quantitative estimate of drug-likeness (QED) is 0.492. The third kappa shape index (κ3) is 4.09. The molecule has 4 aromatic heterocycles. The summed E-state index contributed by atoms with van der Waals surface area (Å²) in [5.74, 6) is 1.51. The molecule has 0 aliphatic rings. The van der Waals surface area contributed by atoms with E-state index in [4.69, 9.17) is 15.1 Å². The second-order valence-electron chi connectivity index (χ2n) is 7.07. The van der Waals surface area contributed by atoms with Crippen LogP contribution in [0.4, 0.5) is 5.95 Å². The van der Waals surface area contributed by atoms with Crippen molar-refractivity contribution in [1.82, 2.24) is 35.3 Å². The van der Waals surface area contributed by atoms with Gasteiger partial charge in [0.05, 0.1) is 17.9 Å². The van der Waals surface area contributed by atoms with Crippen LogP contribution in [0.25, 0.3) is 22.6 Å². The van der Waals surface area contributed by atoms with Crippen LogP contribution in [0, 0.1) is 6.92 Å². The number of pyridine rings is 1. The van der Waals surface area contributed by atoms with E-state index in [0.717, 1.165) is 30.1 Å². The van der Waals surface area contributed by atoms with E-state index in [-0.39, 0.29) is 5.95 Å². The minimum atomic E-state index is 0.143. The first-order valence-electron chi connectivity index (χ1n) is 9.65. The third-order valence-corrected chi connectivity index (χ3v) is 4.77. The molecule has 0 aromatic carbocycles. The van der Waals surface area contributed by atoms with E-state index >= 15 is 0 Å². The van der Waals surface area contributed by atoms with E-state index in [0.29, 0.717) is 35.2 Å². The number of nitrogens with one attached hydrogen (secondary N) is 1. The number of aromatic nitrogens is 6. The molecule has 4 rings (SSSR count). The highest BCUT2D eigenvalue weighted by Gasteiger charge is 2.18. The normalized spacial score (nSPS) is 12.5. The monoisotopic (exact) mass is 392 g/mol. The number of hydrogen-bond acceptors (Lipinski definition) is 8. The summed E-state index contributed by atoms with van der Waals surface area (Å²) in [7, 11) is 0. The van der Waals surface area contributed by atoms with Crippen molar-refractivity contribution in [1.29, 1.82) is 0 Å². The molecule has 0 bridgehead atoms. The Morgan fingerprint density at radius 2 is 1.97 bits per heavy atom. The number of rotatable bonds is 7. The Balaban J connectivity index is 1.63. The van der Waals surface area contributed by atoms with Crippen LogP contribution in [0.2, 0.25) is 0 Å². The summed E-state index contributed by atoms with van der Waals surface area (Å²) in [6.45, 7) is 7.34. The lowest BCUT2D eigenvalue weighted by Gasteiger charge is -2.11. The zero-order valence-corrected chi connectivity index (χ0v) is 16.8. The van der Waals surface area contributed by atoms with Gasteiger partial charge >= 0.3 is 0 Å². The van der Waals surface area contributed by atoms with Crippen LogP contribution < -0.4 is 11.1 Å². The Hall–Kier alpha value is -3.33. The molecule has 0 amide bonds. The average Bonchev–Trinajstić information content (AvgIpc) is 3.32. The van der Waals surface area contributed by atoms with Crippen molar-refractivity contribution in [2.45, 2.75) is 46.3 Å². The summed E-state index contributed by atoms with van der Waals surface area (Å²) >= 11 is 0. The average molecular weight is 392 g/mol. The largest absolute Gasteiger partial charge is 0.460 e. The molecular weight excluding hydrogens is 368 g/mol. The van der Waals surface area contributed by atoms with Crippen molar-refractivity contribution < 1.29 is 4.42 Å². The number of nitrogens with two attached hydrogens (primary N) is 1. The van der Waals surface area contributed by atoms with Crippen molar-refractivity contribution in [3.63, 3.8) is 0 Å². The Labute approximate surface area is 168 Å². The van der Waals surface area contributed by atoms with Gasteiger partial charge in [-0.05, 0) is 44.5 Å². The van der Waals surface area contributed by atoms with Gasteiger partial charge in [0.15, 0.2) is 16.9 Å². The molecular formula is C20H24N8O. The first-order valence-corrected chi connectivity index (χ1v) is 9.65. The van der Waals surface area contributed by atoms with Crippen molar-refractivity contribution in [2.75, 3.05) is 5.73 Å². The summed E-state index contributed by atoms with van der Waals surface area (Å²) in [6.07, 6.45) is 1.07. The van der Waals surface area contributed by atoms with Crippen LogP contribution in [0.5, 0.6) is 0 Å². The van der Waals surface area contributed by atoms with Crippen molar-refractivity contribution in [3.8, 4) is 11.5 Å². The molecule has 4 heterocycles. The lowest BCUT2D eigenvalue weighted by molar-refractivity contribution is 0.527. The first kappa shape index (κ1) is 19.0. The van der Waals surface area contributed by atoms with E-state index in [9.17, 15) is 0 Å². The molecule has 0 radical (unpaired) electrons. The number of anilines is 1. The Morgan fingerprint density at radius 3 is 2.72 bits per heavy atom. The van der Waals surface area contributed by atoms with Crippen LogP contribution in [0.1, 0.15) is 37.4 Å². The van der Waals surface area contributed by atoms with Crippen LogP contribution in [-0.2, 0) is 13.1 Å². The van der Waals surface area contributed by atoms with Gasteiger partial charge in [0.1, 0.15) is 11.5 Å². The summed E-state index contributed by atoms with van der Waals surface area (Å²) in [5.41, 5.74) is 9.41. The number of fused-ring (bicyclic) bond motifs is 1. The van der Waals surface area contributed by atoms with Gasteiger partial charge in [0.25, 0.3) is 0 Å². The lowest BCUT2D eigenvalue weighted by atomic mass is 10.2. The highest BCUT2D eigenvalue weighted by molar-refractivity contribution is 5.86. The zero-order valence-electron chi connectivity index (χ0n) is 16.8. The Bertz CT molecular complexity index is 1130. The number of furan rings is 1. The standard InChI is InChI=1S/C20H24N8O/c1-4-12(2)22-10-14-6-5-7-15(23-14)11-28-19-18(26-27-28)17(24-20(21)25-19)16-9-8-13(3)29-16/h5-9,12,22H,4,10-11H2,1-3H3,(H2,21,24,25). The predicted molar refractivity (Wildman–Crippen MR) is 110 cm³/mol. The van der Waals surface area contributed by atoms with Gasteiger partial charge in [-0.3, -0.25) is 4.98 Å². The second-order valence-corrected chi connectivity index (χ2v) is 7.07. The highest BCUT2D eigenvalue weighted by atomic mass is 16.3. The molecule has 0 saturated carbocycles. The Morgan fingerprint density at radius 1 is 1.14 bits per heavy atom. The minimum Gasteiger partial charge on any atom is -0.460 e. The molecule has 3 N–H and O–H groups in total. The van der Waals surface area contributed by atoms with Gasteiger partial charge in [0.2, 0.25) is 5.95 Å². The topological polar surface area (TPSA) is 121 Å². The van der Waals surface area contributed by atoms with Gasteiger partial charge in [-0.2, -0.15) is 4.98 Å². The molecule has 150 valence electrons. The van der Waals surface area contributed by atoms with Crippen LogP contribution in [-0.4, -0.2) is 36.0 Å². The molecule has 0 aliphatic heterocycles. The summed E-state index contributed by atoms with van der Waals surface area (Å²) in [5, 5.41) is 12.0. The van der Waals surface area contributed by atoms with Crippen molar-refractivity contribution in [2.24, 2.45) is 0 Å². The zero-order chi connectivity index (χ0) is 20.4. The van der Waals surface area contributed by atoms with Crippen molar-refractivity contribution >= 4 is 17.1 Å². The highest BCUT2D eigenvalue weighted by Crippen LogP contribution is 2.26. The molecule has 0 aliphatic carbocycles. The number of nitrogens with zero attached hydrogens (tertiary/aromatic N) is 6. The third-order valence-electron chi connectivity index (χ3n) is 4.77. The molecule has 4 aromatic rings. The predicted octanol–water partition coefficient (Wildman–Crippen LogP) is 2.70. The van der Waals surface area contributed by atoms with Gasteiger partial charge in [0, 0.05) is 12.6 Å². The molecule has 0 spiro atoms. The summed E-state index contributed by atoms with van der Waals surface area (Å²) in [6, 6.07) is 10.1. The molecule has 0 fully saturated rings. The van der Waals surface area contributed by atoms with Crippen LogP contribution in [0.15, 0.2) is 34.7 Å². The molecule has 9 nitrogen and oxygen atoms in total. The molecule has 1 unspecified atom stereocenters. The maximum absolute atomic E-state index is 5.94. The minimum absolute atomic E-state index is 0.143. The first-order chi connectivity index (χ1) is 14.0. The van der Waals surface area contributed by atoms with Crippen LogP contribution in [0.3, 0.4) is 0 Å². The second kappa shape index (κ2) is 7.96. The Kier molecular flexibility index (Phi) is 5.22. The fourth-order valence-electron chi connectivity index (χ4n) is 3.01. The van der Waals surface area contributed by atoms with Gasteiger partial charge in [-0.25, -0.2) is 9.67 Å². The van der Waals surface area contributed by atoms with E-state index in [2.05, 4.69) is 39.4 Å². The fraction of sp³-hybridized carbons (Fsp3) is 0.350. The fourth-order valence-corrected chi connectivity index (χ4v) is 3.01. The molecule has 0 saturated heterocycles. The van der Waals surface area contributed by atoms with Crippen molar-refractivity contribution in [3.05, 3.63) is 47.5 Å². The molecule has 29 heavy (non-hydrogen) atoms. The maximum Gasteiger partial charge on any atom is 0.222 e. The van der Waals surface area contributed by atoms with E-state index in [1.54, 1.807) is 4.68 Å². The van der Waals surface area contributed by atoms with Gasteiger partial charge < -0.3 is 15.5 Å². The summed E-state index contributed by atoms with van der Waals surface area (Å²) in [4.78, 5) is 13.4. The SMILES string of the molecule is CCC(C)NCc1cccc(Cn2nnc3c(-c4ccc(C)o4)nc(N)nc32)n1. The summed E-state index contributed by atoms with van der Waals surface area (Å²) < 4.78 is 7.37. The van der Waals surface area contributed by atoms with E-state index < -0.39 is 0 Å². The lowest BCUT2D eigenvalue weighted by Crippen LogP contribution is -2.25. The number of nitrogen functional groups attached to an aromatic ring is 1. The number of aryl methyl sites for hydroxylation is 1. The number of hydrogen-bond donors (Lipinski definition) is 2. The maximum atomic E-state index is 5.94. The van der Waals surface area contributed by atoms with Gasteiger partial charge in [-0.15, -0.1) is 5.10 Å².